The molecule has 0 bridgehead atoms. The van der Waals surface area contributed by atoms with Gasteiger partial charge in [-0.05, 0) is 51.4 Å². The maximum Gasteiger partial charge on any atom is 0.317 e. The molecule has 2 amide bonds. The van der Waals surface area contributed by atoms with Crippen LogP contribution in [0.25, 0.3) is 0 Å². The van der Waals surface area contributed by atoms with E-state index in [2.05, 4.69) is 22.2 Å². The van der Waals surface area contributed by atoms with E-state index in [4.69, 9.17) is 0 Å². The van der Waals surface area contributed by atoms with Crippen LogP contribution in [0, 0.1) is 5.82 Å². The zero-order valence-electron chi connectivity index (χ0n) is 16.2. The Morgan fingerprint density at radius 1 is 1.15 bits per heavy atom. The van der Waals surface area contributed by atoms with Gasteiger partial charge in [-0.15, -0.1) is 0 Å². The minimum Gasteiger partial charge on any atom is -0.333 e. The molecule has 1 aromatic rings. The topological polar surface area (TPSA) is 38.8 Å². The van der Waals surface area contributed by atoms with Gasteiger partial charge in [0.1, 0.15) is 5.82 Å². The monoisotopic (exact) mass is 362 g/mol. The number of hydrogen-bond acceptors (Lipinski definition) is 3. The summed E-state index contributed by atoms with van der Waals surface area (Å²) in [4.78, 5) is 19.5. The highest BCUT2D eigenvalue weighted by Crippen LogP contribution is 2.19. The number of likely N-dealkylation sites (tertiary alicyclic amines) is 1. The van der Waals surface area contributed by atoms with Gasteiger partial charge in [0.05, 0.1) is 0 Å². The maximum absolute atomic E-state index is 13.1. The molecule has 2 saturated heterocycles. The molecule has 0 unspecified atom stereocenters. The summed E-state index contributed by atoms with van der Waals surface area (Å²) in [6, 6.07) is 6.98. The number of carbonyl (C=O) groups excluding carboxylic acids is 1. The lowest BCUT2D eigenvalue weighted by atomic mass is 9.95. The number of amides is 2. The van der Waals surface area contributed by atoms with Crippen LogP contribution in [-0.2, 0) is 6.42 Å². The molecule has 2 fully saturated rings. The second kappa shape index (κ2) is 7.92. The van der Waals surface area contributed by atoms with Gasteiger partial charge in [0, 0.05) is 50.8 Å². The number of nitrogens with zero attached hydrogens (tertiary/aromatic N) is 3. The highest BCUT2D eigenvalue weighted by molar-refractivity contribution is 5.75. The minimum atomic E-state index is -0.374. The largest absolute Gasteiger partial charge is 0.333 e. The van der Waals surface area contributed by atoms with E-state index in [1.807, 2.05) is 18.7 Å². The molecule has 26 heavy (non-hydrogen) atoms. The van der Waals surface area contributed by atoms with Gasteiger partial charge in [-0.2, -0.15) is 0 Å². The quantitative estimate of drug-likeness (QED) is 0.892. The van der Waals surface area contributed by atoms with Crippen LogP contribution in [-0.4, -0.2) is 78.6 Å². The van der Waals surface area contributed by atoms with E-state index in [1.165, 1.54) is 12.1 Å². The van der Waals surface area contributed by atoms with Gasteiger partial charge in [0.2, 0.25) is 0 Å². The third-order valence-corrected chi connectivity index (χ3v) is 5.51. The van der Waals surface area contributed by atoms with Crippen molar-refractivity contribution >= 4 is 6.03 Å². The van der Waals surface area contributed by atoms with Crippen molar-refractivity contribution in [3.63, 3.8) is 0 Å². The molecule has 3 rings (SSSR count). The average Bonchev–Trinajstić information content (AvgIpc) is 3.07. The Morgan fingerprint density at radius 2 is 1.81 bits per heavy atom. The van der Waals surface area contributed by atoms with Crippen LogP contribution in [0.1, 0.15) is 25.8 Å². The van der Waals surface area contributed by atoms with Gasteiger partial charge in [-0.25, -0.2) is 9.18 Å². The molecule has 0 aromatic heterocycles. The number of hydrogen-bond donors (Lipinski definition) is 1. The summed E-state index contributed by atoms with van der Waals surface area (Å²) in [5.41, 5.74) is 0.648. The average molecular weight is 362 g/mol. The molecule has 6 heteroatoms. The third-order valence-electron chi connectivity index (χ3n) is 5.51. The van der Waals surface area contributed by atoms with Crippen LogP contribution in [0.4, 0.5) is 9.18 Å². The zero-order valence-corrected chi connectivity index (χ0v) is 16.2. The van der Waals surface area contributed by atoms with Crippen LogP contribution >= 0.6 is 0 Å². The first-order valence-electron chi connectivity index (χ1n) is 9.56. The van der Waals surface area contributed by atoms with Crippen LogP contribution in [0.3, 0.4) is 0 Å². The second-order valence-corrected chi connectivity index (χ2v) is 8.35. The number of urea groups is 1. The van der Waals surface area contributed by atoms with Crippen molar-refractivity contribution < 1.29 is 9.18 Å². The molecule has 0 spiro atoms. The lowest BCUT2D eigenvalue weighted by Gasteiger charge is -2.36. The van der Waals surface area contributed by atoms with E-state index in [-0.39, 0.29) is 17.4 Å². The third kappa shape index (κ3) is 4.95. The van der Waals surface area contributed by atoms with E-state index in [0.29, 0.717) is 12.5 Å². The molecular formula is C20H31FN4O. The van der Waals surface area contributed by atoms with Crippen LogP contribution in [0.2, 0.25) is 0 Å². The fraction of sp³-hybridized carbons (Fsp3) is 0.650. The lowest BCUT2D eigenvalue weighted by Crippen LogP contribution is -2.52. The smallest absolute Gasteiger partial charge is 0.317 e. The van der Waals surface area contributed by atoms with E-state index in [1.54, 1.807) is 12.1 Å². The number of nitrogens with one attached hydrogen (secondary N) is 1. The first kappa shape index (κ1) is 19.1. The molecule has 2 heterocycles. The fourth-order valence-electron chi connectivity index (χ4n) is 3.94. The Morgan fingerprint density at radius 3 is 2.46 bits per heavy atom. The molecular weight excluding hydrogens is 331 g/mol. The number of likely N-dealkylation sites (N-methyl/N-ethyl adjacent to an activating group) is 1. The highest BCUT2D eigenvalue weighted by atomic mass is 19.1. The lowest BCUT2D eigenvalue weighted by molar-refractivity contribution is 0.114. The van der Waals surface area contributed by atoms with E-state index >= 15 is 0 Å². The van der Waals surface area contributed by atoms with Gasteiger partial charge >= 0.3 is 6.03 Å². The Bertz CT molecular complexity index is 611. The summed E-state index contributed by atoms with van der Waals surface area (Å²) < 4.78 is 13.1. The normalized spacial score (nSPS) is 22.6. The van der Waals surface area contributed by atoms with E-state index in [0.717, 1.165) is 51.3 Å². The van der Waals surface area contributed by atoms with Crippen molar-refractivity contribution in [3.05, 3.63) is 35.6 Å². The Kier molecular flexibility index (Phi) is 5.82. The molecule has 0 aliphatic carbocycles. The van der Waals surface area contributed by atoms with Crippen LogP contribution in [0.5, 0.6) is 0 Å². The SMILES string of the molecule is CN1CCN([C@H]2CCN(C(=O)NC(C)(C)Cc3ccc(F)cc3)C2)CC1. The Labute approximate surface area is 156 Å². The van der Waals surface area contributed by atoms with Gasteiger partial charge < -0.3 is 15.1 Å². The van der Waals surface area contributed by atoms with Gasteiger partial charge in [0.25, 0.3) is 0 Å². The first-order chi connectivity index (χ1) is 12.3. The van der Waals surface area contributed by atoms with Crippen molar-refractivity contribution in [3.8, 4) is 0 Å². The molecule has 2 aliphatic rings. The van der Waals surface area contributed by atoms with Gasteiger partial charge in [-0.3, -0.25) is 4.90 Å². The highest BCUT2D eigenvalue weighted by Gasteiger charge is 2.33. The number of piperazine rings is 1. The summed E-state index contributed by atoms with van der Waals surface area (Å²) in [6.45, 7) is 10.0. The molecule has 0 radical (unpaired) electrons. The van der Waals surface area contributed by atoms with Crippen LogP contribution < -0.4 is 5.32 Å². The van der Waals surface area contributed by atoms with Crippen molar-refractivity contribution in [2.45, 2.75) is 38.3 Å². The van der Waals surface area contributed by atoms with Gasteiger partial charge in [0.15, 0.2) is 0 Å². The zero-order chi connectivity index (χ0) is 18.7. The number of benzene rings is 1. The standard InChI is InChI=1S/C20H31FN4O/c1-20(2,14-16-4-6-17(21)7-5-16)22-19(26)25-9-8-18(15-25)24-12-10-23(3)11-13-24/h4-7,18H,8-15H2,1-3H3,(H,22,26)/t18-/m0/s1. The Balaban J connectivity index is 1.50. The number of carbonyl (C=O) groups is 1. The summed E-state index contributed by atoms with van der Waals surface area (Å²) in [5.74, 6) is -0.234. The number of halogens is 1. The minimum absolute atomic E-state index is 0.00809. The van der Waals surface area contributed by atoms with Crippen molar-refractivity contribution in [2.24, 2.45) is 0 Å². The van der Waals surface area contributed by atoms with Crippen molar-refractivity contribution in [1.29, 1.82) is 0 Å². The Hall–Kier alpha value is -1.66. The molecule has 0 saturated carbocycles. The van der Waals surface area contributed by atoms with E-state index in [9.17, 15) is 9.18 Å². The maximum atomic E-state index is 13.1. The number of rotatable bonds is 4. The molecule has 2 aliphatic heterocycles. The molecule has 144 valence electrons. The van der Waals surface area contributed by atoms with Crippen LogP contribution in [0.15, 0.2) is 24.3 Å². The molecule has 1 aromatic carbocycles. The first-order valence-corrected chi connectivity index (χ1v) is 9.56. The molecule has 1 N–H and O–H groups in total. The fourth-order valence-corrected chi connectivity index (χ4v) is 3.94. The summed E-state index contributed by atoms with van der Waals surface area (Å²) in [5, 5.41) is 3.16. The molecule has 5 nitrogen and oxygen atoms in total. The van der Waals surface area contributed by atoms with E-state index < -0.39 is 0 Å². The predicted octanol–water partition coefficient (Wildman–Crippen LogP) is 2.18. The summed E-state index contributed by atoms with van der Waals surface area (Å²) in [7, 11) is 2.16. The summed E-state index contributed by atoms with van der Waals surface area (Å²) in [6.07, 6.45) is 1.73. The summed E-state index contributed by atoms with van der Waals surface area (Å²) >= 11 is 0. The predicted molar refractivity (Wildman–Crippen MR) is 102 cm³/mol. The van der Waals surface area contributed by atoms with Crippen molar-refractivity contribution in [1.82, 2.24) is 20.0 Å². The van der Waals surface area contributed by atoms with Crippen molar-refractivity contribution in [2.75, 3.05) is 46.3 Å². The second-order valence-electron chi connectivity index (χ2n) is 8.35. The molecule has 1 atom stereocenters. The van der Waals surface area contributed by atoms with Gasteiger partial charge in [-0.1, -0.05) is 12.1 Å².